The molecule has 0 aromatic heterocycles. The van der Waals surface area contributed by atoms with Gasteiger partial charge in [-0.15, -0.1) is 0 Å². The zero-order valence-electron chi connectivity index (χ0n) is 34.0. The highest BCUT2D eigenvalue weighted by molar-refractivity contribution is 6.81. The van der Waals surface area contributed by atoms with E-state index in [0.717, 1.165) is 50.6 Å². The Balaban J connectivity index is 6.93. The van der Waals surface area contributed by atoms with Crippen molar-refractivity contribution in [2.75, 3.05) is 0 Å². The molecule has 270 valence electrons. The molecule has 0 aliphatic rings. The summed E-state index contributed by atoms with van der Waals surface area (Å²) >= 11 is 0. The lowest BCUT2D eigenvalue weighted by molar-refractivity contribution is 0.00421. The van der Waals surface area contributed by atoms with Crippen molar-refractivity contribution in [2.24, 2.45) is 0 Å². The SMILES string of the molecule is CCC[C@@](C)(C(CC)O[Si](C)(C)C(C)(CC)C(C)(CC)O[SiH](C)C(CC)O[Si](C)(C)C)[Si](C)(CC[Si](C)=O)OC(C)[Si](C)(C)C. The van der Waals surface area contributed by atoms with E-state index in [2.05, 4.69) is 128 Å². The van der Waals surface area contributed by atoms with E-state index in [1.54, 1.807) is 0 Å². The summed E-state index contributed by atoms with van der Waals surface area (Å²) in [6.45, 7) is 46.9. The summed E-state index contributed by atoms with van der Waals surface area (Å²) in [6.07, 6.45) is 6.18. The van der Waals surface area contributed by atoms with Gasteiger partial charge < -0.3 is 22.2 Å². The average molecular weight is 738 g/mol. The first-order valence-electron chi connectivity index (χ1n) is 18.4. The van der Waals surface area contributed by atoms with E-state index in [-0.39, 0.29) is 33.2 Å². The van der Waals surface area contributed by atoms with Crippen LogP contribution in [0.4, 0.5) is 0 Å². The van der Waals surface area contributed by atoms with Crippen LogP contribution in [-0.4, -0.2) is 73.9 Å². The molecule has 0 amide bonds. The highest BCUT2D eigenvalue weighted by Gasteiger charge is 2.60. The van der Waals surface area contributed by atoms with Gasteiger partial charge in [-0.05, 0) is 110 Å². The fourth-order valence-corrected chi connectivity index (χ4v) is 25.5. The molecule has 0 saturated carbocycles. The van der Waals surface area contributed by atoms with Gasteiger partial charge in [0.1, 0.15) is 0 Å². The van der Waals surface area contributed by atoms with Crippen LogP contribution in [0.3, 0.4) is 0 Å². The van der Waals surface area contributed by atoms with E-state index in [0.29, 0.717) is 0 Å². The second kappa shape index (κ2) is 17.7. The van der Waals surface area contributed by atoms with Crippen molar-refractivity contribution < 1.29 is 22.2 Å². The van der Waals surface area contributed by atoms with Crippen molar-refractivity contribution in [3.63, 3.8) is 0 Å². The molecule has 0 bridgehead atoms. The van der Waals surface area contributed by atoms with Gasteiger partial charge in [-0.3, -0.25) is 0 Å². The molecular formula is C34H80O5Si6. The maximum atomic E-state index is 12.6. The molecule has 0 saturated heterocycles. The van der Waals surface area contributed by atoms with E-state index in [9.17, 15) is 4.46 Å². The first-order valence-corrected chi connectivity index (χ1v) is 35.3. The summed E-state index contributed by atoms with van der Waals surface area (Å²) in [7, 11) is -11.3. The number of rotatable bonds is 23. The Bertz CT molecular complexity index is 908. The Kier molecular flexibility index (Phi) is 18.1. The topological polar surface area (TPSA) is 54.0 Å². The molecule has 5 nitrogen and oxygen atoms in total. The fourth-order valence-electron chi connectivity index (χ4n) is 7.39. The molecule has 0 aliphatic heterocycles. The minimum atomic E-state index is -2.42. The molecule has 0 N–H and O–H groups in total. The van der Waals surface area contributed by atoms with Crippen LogP contribution in [0.25, 0.3) is 0 Å². The van der Waals surface area contributed by atoms with Gasteiger partial charge in [-0.25, -0.2) is 0 Å². The van der Waals surface area contributed by atoms with Gasteiger partial charge in [0, 0.05) is 21.9 Å². The summed E-state index contributed by atoms with van der Waals surface area (Å²) in [5.74, 6) is 0. The van der Waals surface area contributed by atoms with Crippen molar-refractivity contribution >= 4 is 50.7 Å². The Labute approximate surface area is 289 Å². The minimum absolute atomic E-state index is 0.0871. The van der Waals surface area contributed by atoms with Gasteiger partial charge in [-0.2, -0.15) is 0 Å². The standard InChI is InChI=1S/C34H80O5Si6/c1-21-26-32(7,45(20,28-27-40(10)35)36-29(6)42(12,13)14)30(22-2)37-44(18,19)34(9,25-5)33(8,24-4)39-41(11)31(23-3)38-43(15,16)17/h29-31,41H,21-28H2,1-20H3/t29?,30?,31?,32-,33?,34?,41?,45?/m0/s1. The van der Waals surface area contributed by atoms with Crippen molar-refractivity contribution in [2.45, 2.75) is 218 Å². The molecule has 45 heavy (non-hydrogen) atoms. The van der Waals surface area contributed by atoms with Crippen LogP contribution >= 0.6 is 0 Å². The lowest BCUT2D eigenvalue weighted by Crippen LogP contribution is -2.63. The highest BCUT2D eigenvalue weighted by atomic mass is 28.4. The van der Waals surface area contributed by atoms with E-state index in [1.807, 2.05) is 6.55 Å². The first-order chi connectivity index (χ1) is 20.2. The third-order valence-electron chi connectivity index (χ3n) is 11.9. The maximum absolute atomic E-state index is 12.6. The van der Waals surface area contributed by atoms with Gasteiger partial charge in [0.25, 0.3) is 8.68 Å². The summed E-state index contributed by atoms with van der Waals surface area (Å²) in [4.78, 5) is 0. The predicted octanol–water partition coefficient (Wildman–Crippen LogP) is 11.3. The smallest absolute Gasteiger partial charge is 0.273 e. The quantitative estimate of drug-likeness (QED) is 0.0978. The van der Waals surface area contributed by atoms with Crippen molar-refractivity contribution in [3.8, 4) is 0 Å². The molecule has 0 rings (SSSR count). The first kappa shape index (κ1) is 45.9. The van der Waals surface area contributed by atoms with Crippen LogP contribution in [0.5, 0.6) is 0 Å². The lowest BCUT2D eigenvalue weighted by atomic mass is 9.85. The third kappa shape index (κ3) is 11.8. The molecule has 8 atom stereocenters. The third-order valence-corrected chi connectivity index (χ3v) is 29.4. The molecule has 0 aromatic rings. The summed E-state index contributed by atoms with van der Waals surface area (Å²) in [5.41, 5.74) is 0.180. The van der Waals surface area contributed by atoms with Crippen LogP contribution < -0.4 is 0 Å². The molecule has 0 spiro atoms. The molecular weight excluding hydrogens is 657 g/mol. The van der Waals surface area contributed by atoms with Crippen molar-refractivity contribution in [1.82, 2.24) is 0 Å². The average Bonchev–Trinajstić information content (AvgIpc) is 2.91. The normalized spacial score (nSPS) is 21.5. The molecule has 0 heterocycles. The van der Waals surface area contributed by atoms with E-state index >= 15 is 0 Å². The molecule has 0 aliphatic carbocycles. The van der Waals surface area contributed by atoms with Gasteiger partial charge in [0.15, 0.2) is 25.0 Å². The largest absolute Gasteiger partial charge is 0.417 e. The molecule has 0 aromatic carbocycles. The summed E-state index contributed by atoms with van der Waals surface area (Å²) in [6, 6.07) is 1.71. The summed E-state index contributed by atoms with van der Waals surface area (Å²) in [5, 5.41) is -0.197. The van der Waals surface area contributed by atoms with Gasteiger partial charge >= 0.3 is 0 Å². The van der Waals surface area contributed by atoms with Crippen molar-refractivity contribution in [1.29, 1.82) is 0 Å². The zero-order valence-corrected chi connectivity index (χ0v) is 40.2. The maximum Gasteiger partial charge on any atom is 0.273 e. The minimum Gasteiger partial charge on any atom is -0.417 e. The second-order valence-electron chi connectivity index (χ2n) is 17.5. The van der Waals surface area contributed by atoms with Crippen LogP contribution in [0.2, 0.25) is 94.2 Å². The monoisotopic (exact) mass is 736 g/mol. The van der Waals surface area contributed by atoms with E-state index in [1.165, 1.54) is 0 Å². The zero-order chi connectivity index (χ0) is 35.9. The Hall–Kier alpha value is 0.941. The highest BCUT2D eigenvalue weighted by Crippen LogP contribution is 2.58. The van der Waals surface area contributed by atoms with Crippen LogP contribution in [-0.2, 0) is 22.2 Å². The fraction of sp³-hybridized carbons (Fsp3) is 1.00. The van der Waals surface area contributed by atoms with E-state index in [4.69, 9.17) is 17.7 Å². The molecule has 0 fully saturated rings. The van der Waals surface area contributed by atoms with Crippen LogP contribution in [0.15, 0.2) is 0 Å². The Morgan fingerprint density at radius 2 is 1.33 bits per heavy atom. The van der Waals surface area contributed by atoms with Crippen LogP contribution in [0, 0.1) is 0 Å². The summed E-state index contributed by atoms with van der Waals surface area (Å²) < 4.78 is 41.7. The molecule has 11 heteroatoms. The van der Waals surface area contributed by atoms with Crippen molar-refractivity contribution in [3.05, 3.63) is 0 Å². The lowest BCUT2D eigenvalue weighted by Gasteiger charge is -2.58. The van der Waals surface area contributed by atoms with Crippen LogP contribution in [0.1, 0.15) is 101 Å². The van der Waals surface area contributed by atoms with E-state index < -0.39 is 50.7 Å². The number of hydrogen-bond donors (Lipinski definition) is 0. The molecule has 0 radical (unpaired) electrons. The van der Waals surface area contributed by atoms with Gasteiger partial charge in [-0.1, -0.05) is 74.5 Å². The second-order valence-corrected chi connectivity index (χ2v) is 40.5. The number of hydrogen-bond acceptors (Lipinski definition) is 5. The predicted molar refractivity (Wildman–Crippen MR) is 213 cm³/mol. The van der Waals surface area contributed by atoms with Gasteiger partial charge in [0.05, 0.1) is 19.4 Å². The Morgan fingerprint density at radius 1 is 0.800 bits per heavy atom. The van der Waals surface area contributed by atoms with Gasteiger partial charge in [0.2, 0.25) is 9.04 Å². The Morgan fingerprint density at radius 3 is 1.69 bits per heavy atom. The molecule has 7 unspecified atom stereocenters.